The van der Waals surface area contributed by atoms with E-state index in [1.807, 2.05) is 5.30 Å². The molecule has 0 aromatic heterocycles. The number of fused-ring (bicyclic) bond motifs is 6. The Morgan fingerprint density at radius 1 is 1.00 bits per heavy atom. The smallest absolute Gasteiger partial charge is 0.000924 e. The van der Waals surface area contributed by atoms with Crippen LogP contribution in [0, 0.1) is 0 Å². The van der Waals surface area contributed by atoms with Crippen molar-refractivity contribution in [1.29, 1.82) is 0 Å². The minimum absolute atomic E-state index is 0.0867. The molecule has 2 fully saturated rings. The molecule has 0 nitrogen and oxygen atoms in total. The van der Waals surface area contributed by atoms with Gasteiger partial charge in [-0.2, -0.15) is 0 Å². The summed E-state index contributed by atoms with van der Waals surface area (Å²) in [4.78, 5) is 0. The van der Waals surface area contributed by atoms with Gasteiger partial charge < -0.3 is 0 Å². The van der Waals surface area contributed by atoms with Gasteiger partial charge in [-0.3, -0.25) is 0 Å². The first-order chi connectivity index (χ1) is 9.13. The fourth-order valence-electron chi connectivity index (χ4n) is 4.98. The van der Waals surface area contributed by atoms with Crippen LogP contribution in [-0.2, 0) is 0 Å². The van der Waals surface area contributed by atoms with Crippen LogP contribution in [0.3, 0.4) is 0 Å². The van der Waals surface area contributed by atoms with E-state index < -0.39 is 0 Å². The first kappa shape index (κ1) is 12.8. The summed E-state index contributed by atoms with van der Waals surface area (Å²) in [6.45, 7) is 7.72. The Hall–Kier alpha value is 0.0800. The van der Waals surface area contributed by atoms with Gasteiger partial charge in [-0.15, -0.1) is 0 Å². The van der Waals surface area contributed by atoms with Crippen LogP contribution in [0.15, 0.2) is 24.3 Å². The predicted octanol–water partition coefficient (Wildman–Crippen LogP) is 4.41. The maximum absolute atomic E-state index is 2.66. The van der Waals surface area contributed by atoms with E-state index in [2.05, 4.69) is 45.0 Å². The fourth-order valence-corrected chi connectivity index (χ4v) is 13.8. The Balaban J connectivity index is 1.94. The SMILES string of the molecule is CC1CC[C@]2(C)[C@@H]3CC[C@@H](C)P3c3ccccc3P12. The van der Waals surface area contributed by atoms with Gasteiger partial charge in [0.2, 0.25) is 0 Å². The summed E-state index contributed by atoms with van der Waals surface area (Å²) in [5, 5.41) is 4.30. The predicted molar refractivity (Wildman–Crippen MR) is 89.1 cm³/mol. The van der Waals surface area contributed by atoms with Crippen molar-refractivity contribution in [3.63, 3.8) is 0 Å². The van der Waals surface area contributed by atoms with E-state index in [1.54, 1.807) is 5.30 Å². The van der Waals surface area contributed by atoms with Crippen LogP contribution < -0.4 is 10.6 Å². The standard InChI is InChI=1S/C17H24P2/c1-12-8-9-16-17(3)11-10-13(2)19(17)15-7-5-4-6-14(15)18(12)16/h4-7,12-13,16H,8-11H2,1-3H3/t12-,13?,16+,17-,18?,19?/m1/s1. The lowest BCUT2D eigenvalue weighted by Crippen LogP contribution is -2.45. The Bertz CT molecular complexity index is 512. The molecule has 4 rings (SSSR count). The van der Waals surface area contributed by atoms with Crippen molar-refractivity contribution in [2.24, 2.45) is 0 Å². The average molecular weight is 290 g/mol. The van der Waals surface area contributed by atoms with Crippen LogP contribution in [-0.4, -0.2) is 22.1 Å². The molecule has 0 saturated carbocycles. The lowest BCUT2D eigenvalue weighted by atomic mass is 9.97. The van der Waals surface area contributed by atoms with Gasteiger partial charge >= 0.3 is 0 Å². The second kappa shape index (κ2) is 4.29. The van der Waals surface area contributed by atoms with Crippen molar-refractivity contribution in [2.75, 3.05) is 0 Å². The second-order valence-corrected chi connectivity index (χ2v) is 12.9. The van der Waals surface area contributed by atoms with E-state index in [-0.39, 0.29) is 15.8 Å². The van der Waals surface area contributed by atoms with Gasteiger partial charge in [0.15, 0.2) is 0 Å². The molecule has 0 amide bonds. The van der Waals surface area contributed by atoms with Crippen molar-refractivity contribution in [3.8, 4) is 0 Å². The van der Waals surface area contributed by atoms with Gasteiger partial charge in [0.1, 0.15) is 0 Å². The van der Waals surface area contributed by atoms with Crippen molar-refractivity contribution in [3.05, 3.63) is 24.3 Å². The Labute approximate surface area is 119 Å². The topological polar surface area (TPSA) is 0 Å². The highest BCUT2D eigenvalue weighted by Gasteiger charge is 2.57. The zero-order chi connectivity index (χ0) is 13.2. The average Bonchev–Trinajstić information content (AvgIpc) is 2.93. The minimum Gasteiger partial charge on any atom is -0.0676 e. The summed E-state index contributed by atoms with van der Waals surface area (Å²) in [6.07, 6.45) is 5.98. The van der Waals surface area contributed by atoms with Gasteiger partial charge in [-0.1, -0.05) is 60.9 Å². The van der Waals surface area contributed by atoms with Gasteiger partial charge in [-0.25, -0.2) is 0 Å². The molecule has 0 spiro atoms. The number of hydrogen-bond acceptors (Lipinski definition) is 0. The quantitative estimate of drug-likeness (QED) is 0.621. The molecule has 102 valence electrons. The highest BCUT2D eigenvalue weighted by Crippen LogP contribution is 2.74. The molecular formula is C17H24P2. The van der Waals surface area contributed by atoms with Crippen molar-refractivity contribution in [2.45, 2.75) is 68.6 Å². The van der Waals surface area contributed by atoms with E-state index in [0.717, 1.165) is 17.0 Å². The molecule has 2 saturated heterocycles. The molecule has 1 aromatic carbocycles. The van der Waals surface area contributed by atoms with E-state index >= 15 is 0 Å². The lowest BCUT2D eigenvalue weighted by Gasteiger charge is -2.48. The van der Waals surface area contributed by atoms with Gasteiger partial charge in [-0.05, 0) is 58.4 Å². The Morgan fingerprint density at radius 2 is 1.74 bits per heavy atom. The third-order valence-corrected chi connectivity index (χ3v) is 13.6. The molecule has 3 heterocycles. The zero-order valence-corrected chi connectivity index (χ0v) is 14.1. The molecule has 1 aromatic rings. The molecule has 19 heavy (non-hydrogen) atoms. The van der Waals surface area contributed by atoms with Crippen molar-refractivity contribution in [1.82, 2.24) is 0 Å². The van der Waals surface area contributed by atoms with Crippen LogP contribution in [0.2, 0.25) is 0 Å². The maximum atomic E-state index is 2.66. The summed E-state index contributed by atoms with van der Waals surface area (Å²) in [7, 11) is 0.207. The third kappa shape index (κ3) is 1.60. The highest BCUT2D eigenvalue weighted by atomic mass is 31.1. The van der Waals surface area contributed by atoms with Crippen LogP contribution >= 0.6 is 15.8 Å². The zero-order valence-electron chi connectivity index (χ0n) is 12.3. The summed E-state index contributed by atoms with van der Waals surface area (Å²) in [6, 6.07) is 9.57. The normalized spacial score (nSPS) is 47.6. The molecule has 0 N–H and O–H groups in total. The number of hydrogen-bond donors (Lipinski definition) is 0. The number of rotatable bonds is 0. The van der Waals surface area contributed by atoms with Crippen molar-refractivity contribution < 1.29 is 0 Å². The third-order valence-electron chi connectivity index (χ3n) is 5.87. The molecule has 6 atom stereocenters. The van der Waals surface area contributed by atoms with E-state index in [1.165, 1.54) is 25.7 Å². The molecular weight excluding hydrogens is 266 g/mol. The minimum atomic E-state index is 0.0867. The Kier molecular flexibility index (Phi) is 2.89. The van der Waals surface area contributed by atoms with E-state index in [4.69, 9.17) is 0 Å². The second-order valence-electron chi connectivity index (χ2n) is 6.95. The first-order valence-electron chi connectivity index (χ1n) is 7.79. The molecule has 0 bridgehead atoms. The van der Waals surface area contributed by atoms with E-state index in [0.29, 0.717) is 5.16 Å². The molecule has 3 aliphatic heterocycles. The largest absolute Gasteiger partial charge is 0.0676 e. The Morgan fingerprint density at radius 3 is 2.53 bits per heavy atom. The van der Waals surface area contributed by atoms with E-state index in [9.17, 15) is 0 Å². The maximum Gasteiger partial charge on any atom is -0.000924 e. The van der Waals surface area contributed by atoms with Crippen LogP contribution in [0.5, 0.6) is 0 Å². The van der Waals surface area contributed by atoms with Crippen LogP contribution in [0.4, 0.5) is 0 Å². The molecule has 3 unspecified atom stereocenters. The van der Waals surface area contributed by atoms with Gasteiger partial charge in [0, 0.05) is 0 Å². The number of benzene rings is 1. The van der Waals surface area contributed by atoms with Crippen LogP contribution in [0.1, 0.15) is 46.5 Å². The summed E-state index contributed by atoms with van der Waals surface area (Å²) < 4.78 is 0. The van der Waals surface area contributed by atoms with Gasteiger partial charge in [0.05, 0.1) is 0 Å². The molecule has 2 heteroatoms. The summed E-state index contributed by atoms with van der Waals surface area (Å²) in [5.74, 6) is 0. The molecule has 0 radical (unpaired) electrons. The summed E-state index contributed by atoms with van der Waals surface area (Å²) >= 11 is 0. The first-order valence-corrected chi connectivity index (χ1v) is 10.7. The monoisotopic (exact) mass is 290 g/mol. The van der Waals surface area contributed by atoms with Crippen molar-refractivity contribution >= 4 is 26.5 Å². The fraction of sp³-hybridized carbons (Fsp3) is 0.647. The summed E-state index contributed by atoms with van der Waals surface area (Å²) in [5.41, 5.74) is 2.96. The lowest BCUT2D eigenvalue weighted by molar-refractivity contribution is 0.545. The van der Waals surface area contributed by atoms with Gasteiger partial charge in [0.25, 0.3) is 0 Å². The molecule has 3 aliphatic rings. The van der Waals surface area contributed by atoms with Crippen LogP contribution in [0.25, 0.3) is 0 Å². The highest BCUT2D eigenvalue weighted by molar-refractivity contribution is 7.77. The molecule has 0 aliphatic carbocycles.